The van der Waals surface area contributed by atoms with E-state index in [9.17, 15) is 4.79 Å². The predicted molar refractivity (Wildman–Crippen MR) is 75.2 cm³/mol. The van der Waals surface area contributed by atoms with Crippen LogP contribution in [0.5, 0.6) is 0 Å². The Balaban J connectivity index is 2.99. The van der Waals surface area contributed by atoms with E-state index in [2.05, 4.69) is 12.2 Å². The third-order valence-corrected chi connectivity index (χ3v) is 4.20. The van der Waals surface area contributed by atoms with E-state index in [1.54, 1.807) is 18.7 Å². The topological polar surface area (TPSA) is 64.3 Å². The molecule has 0 amide bonds. The van der Waals surface area contributed by atoms with Gasteiger partial charge in [0, 0.05) is 6.54 Å². The summed E-state index contributed by atoms with van der Waals surface area (Å²) in [4.78, 5) is 13.1. The third-order valence-electron chi connectivity index (χ3n) is 2.10. The second-order valence-corrected chi connectivity index (χ2v) is 5.19. The highest BCUT2D eigenvalue weighted by molar-refractivity contribution is 7.99. The first kappa shape index (κ1) is 14.2. The maximum absolute atomic E-state index is 11.7. The van der Waals surface area contributed by atoms with Crippen LogP contribution in [-0.4, -0.2) is 25.4 Å². The molecule has 0 bridgehead atoms. The van der Waals surface area contributed by atoms with Gasteiger partial charge in [-0.3, -0.25) is 0 Å². The van der Waals surface area contributed by atoms with Crippen LogP contribution in [0.15, 0.2) is 4.90 Å². The second-order valence-electron chi connectivity index (χ2n) is 3.35. The van der Waals surface area contributed by atoms with Gasteiger partial charge in [0.2, 0.25) is 0 Å². The van der Waals surface area contributed by atoms with E-state index in [0.29, 0.717) is 17.2 Å². The van der Waals surface area contributed by atoms with E-state index >= 15 is 0 Å². The summed E-state index contributed by atoms with van der Waals surface area (Å²) in [5.74, 6) is -0.338. The summed E-state index contributed by atoms with van der Waals surface area (Å²) in [7, 11) is 0. The molecular weight excluding hydrogens is 256 g/mol. The van der Waals surface area contributed by atoms with Crippen molar-refractivity contribution in [1.29, 1.82) is 0 Å². The molecule has 17 heavy (non-hydrogen) atoms. The van der Waals surface area contributed by atoms with Crippen molar-refractivity contribution in [2.45, 2.75) is 25.2 Å². The van der Waals surface area contributed by atoms with Gasteiger partial charge in [0.15, 0.2) is 0 Å². The van der Waals surface area contributed by atoms with Gasteiger partial charge in [0.25, 0.3) is 0 Å². The number of rotatable bonds is 6. The van der Waals surface area contributed by atoms with E-state index in [0.717, 1.165) is 22.9 Å². The van der Waals surface area contributed by atoms with E-state index < -0.39 is 0 Å². The quantitative estimate of drug-likeness (QED) is 0.616. The van der Waals surface area contributed by atoms with Crippen molar-refractivity contribution in [3.63, 3.8) is 0 Å². The van der Waals surface area contributed by atoms with Crippen LogP contribution in [0.25, 0.3) is 0 Å². The molecule has 0 fully saturated rings. The molecule has 1 aromatic rings. The smallest absolute Gasteiger partial charge is 0.350 e. The molecule has 0 spiro atoms. The molecule has 6 heteroatoms. The molecule has 96 valence electrons. The minimum absolute atomic E-state index is 0.338. The lowest BCUT2D eigenvalue weighted by molar-refractivity contribution is 0.0533. The Morgan fingerprint density at radius 2 is 2.24 bits per heavy atom. The molecule has 0 saturated carbocycles. The molecule has 0 aliphatic heterocycles. The number of ether oxygens (including phenoxy) is 1. The highest BCUT2D eigenvalue weighted by Crippen LogP contribution is 2.41. The van der Waals surface area contributed by atoms with Crippen molar-refractivity contribution in [3.8, 4) is 0 Å². The van der Waals surface area contributed by atoms with Crippen LogP contribution in [-0.2, 0) is 4.74 Å². The Morgan fingerprint density at radius 3 is 2.76 bits per heavy atom. The van der Waals surface area contributed by atoms with Gasteiger partial charge in [-0.1, -0.05) is 6.92 Å². The number of hydrogen-bond donors (Lipinski definition) is 2. The summed E-state index contributed by atoms with van der Waals surface area (Å²) < 4.78 is 4.98. The lowest BCUT2D eigenvalue weighted by Crippen LogP contribution is -2.04. The highest BCUT2D eigenvalue weighted by atomic mass is 32.2. The number of carbonyl (C=O) groups excluding carboxylic acids is 1. The minimum atomic E-state index is -0.338. The van der Waals surface area contributed by atoms with E-state index in [1.807, 2.05) is 6.26 Å². The van der Waals surface area contributed by atoms with Gasteiger partial charge in [-0.05, 0) is 19.6 Å². The van der Waals surface area contributed by atoms with E-state index in [4.69, 9.17) is 10.5 Å². The number of thiophene rings is 1. The van der Waals surface area contributed by atoms with Crippen molar-refractivity contribution >= 4 is 39.8 Å². The summed E-state index contributed by atoms with van der Waals surface area (Å²) >= 11 is 2.91. The largest absolute Gasteiger partial charge is 0.462 e. The zero-order chi connectivity index (χ0) is 12.8. The predicted octanol–water partition coefficient (Wildman–Crippen LogP) is 3.05. The maximum Gasteiger partial charge on any atom is 0.350 e. The van der Waals surface area contributed by atoms with Crippen molar-refractivity contribution in [2.75, 3.05) is 30.5 Å². The Bertz CT molecular complexity index is 391. The van der Waals surface area contributed by atoms with Gasteiger partial charge in [0.1, 0.15) is 9.88 Å². The van der Waals surface area contributed by atoms with Crippen molar-refractivity contribution in [3.05, 3.63) is 4.88 Å². The lowest BCUT2D eigenvalue weighted by Gasteiger charge is -2.03. The number of nitrogens with one attached hydrogen (secondary N) is 1. The zero-order valence-corrected chi connectivity index (χ0v) is 12.0. The van der Waals surface area contributed by atoms with Crippen LogP contribution in [0.4, 0.5) is 10.7 Å². The molecule has 1 aromatic heterocycles. The van der Waals surface area contributed by atoms with Gasteiger partial charge in [-0.25, -0.2) is 4.79 Å². The average Bonchev–Trinajstić information content (AvgIpc) is 2.63. The summed E-state index contributed by atoms with van der Waals surface area (Å²) in [6.45, 7) is 5.11. The van der Waals surface area contributed by atoms with Crippen LogP contribution in [0.3, 0.4) is 0 Å². The first-order chi connectivity index (χ1) is 8.15. The fourth-order valence-electron chi connectivity index (χ4n) is 1.33. The fourth-order valence-corrected chi connectivity index (χ4v) is 3.29. The molecule has 0 unspecified atom stereocenters. The van der Waals surface area contributed by atoms with Crippen LogP contribution in [0.1, 0.15) is 29.9 Å². The molecule has 0 radical (unpaired) electrons. The van der Waals surface area contributed by atoms with Crippen LogP contribution >= 0.6 is 23.1 Å². The highest BCUT2D eigenvalue weighted by Gasteiger charge is 2.21. The minimum Gasteiger partial charge on any atom is -0.462 e. The first-order valence-electron chi connectivity index (χ1n) is 5.52. The number of nitrogen functional groups attached to an aromatic ring is 1. The molecule has 0 aliphatic rings. The molecule has 0 aromatic carbocycles. The Morgan fingerprint density at radius 1 is 1.53 bits per heavy atom. The van der Waals surface area contributed by atoms with Gasteiger partial charge >= 0.3 is 5.97 Å². The number of esters is 1. The summed E-state index contributed by atoms with van der Waals surface area (Å²) in [6.07, 6.45) is 2.98. The number of anilines is 2. The van der Waals surface area contributed by atoms with Gasteiger partial charge in [0.05, 0.1) is 17.2 Å². The SMILES string of the molecule is CCCNc1sc(C(=O)OCC)c(N)c1SC. The van der Waals surface area contributed by atoms with Crippen LogP contribution < -0.4 is 11.1 Å². The number of thioether (sulfide) groups is 1. The Kier molecular flexibility index (Phi) is 5.64. The summed E-state index contributed by atoms with van der Waals surface area (Å²) in [5.41, 5.74) is 6.49. The average molecular weight is 274 g/mol. The molecule has 1 heterocycles. The number of nitrogens with two attached hydrogens (primary N) is 1. The van der Waals surface area contributed by atoms with Crippen molar-refractivity contribution in [1.82, 2.24) is 0 Å². The fraction of sp³-hybridized carbons (Fsp3) is 0.545. The Labute approximate surface area is 110 Å². The van der Waals surface area contributed by atoms with Gasteiger partial charge < -0.3 is 15.8 Å². The van der Waals surface area contributed by atoms with Gasteiger partial charge in [-0.15, -0.1) is 23.1 Å². The molecule has 0 saturated heterocycles. The molecule has 1 rings (SSSR count). The van der Waals surface area contributed by atoms with Gasteiger partial charge in [-0.2, -0.15) is 0 Å². The molecule has 0 atom stereocenters. The van der Waals surface area contributed by atoms with E-state index in [-0.39, 0.29) is 5.97 Å². The molecule has 0 aliphatic carbocycles. The first-order valence-corrected chi connectivity index (χ1v) is 7.57. The summed E-state index contributed by atoms with van der Waals surface area (Å²) in [6, 6.07) is 0. The number of hydrogen-bond acceptors (Lipinski definition) is 6. The third kappa shape index (κ3) is 3.29. The monoisotopic (exact) mass is 274 g/mol. The van der Waals surface area contributed by atoms with Crippen molar-refractivity contribution < 1.29 is 9.53 Å². The van der Waals surface area contributed by atoms with Crippen LogP contribution in [0.2, 0.25) is 0 Å². The standard InChI is InChI=1S/C11H18N2O2S2/c1-4-6-13-10-8(16-3)7(12)9(17-10)11(14)15-5-2/h13H,4-6,12H2,1-3H3. The van der Waals surface area contributed by atoms with Crippen molar-refractivity contribution in [2.24, 2.45) is 0 Å². The number of carbonyl (C=O) groups is 1. The Hall–Kier alpha value is -0.880. The zero-order valence-electron chi connectivity index (χ0n) is 10.3. The normalized spacial score (nSPS) is 10.3. The lowest BCUT2D eigenvalue weighted by atomic mass is 10.4. The molecular formula is C11H18N2O2S2. The maximum atomic E-state index is 11.7. The molecule has 4 nitrogen and oxygen atoms in total. The second kappa shape index (κ2) is 6.76. The van der Waals surface area contributed by atoms with Crippen LogP contribution in [0, 0.1) is 0 Å². The summed E-state index contributed by atoms with van der Waals surface area (Å²) in [5, 5.41) is 4.24. The molecule has 3 N–H and O–H groups in total. The van der Waals surface area contributed by atoms with E-state index in [1.165, 1.54) is 11.3 Å².